The van der Waals surface area contributed by atoms with Crippen LogP contribution in [0.4, 0.5) is 5.69 Å². The standard InChI is InChI=1S/C18H13N3O5/c1-2-11-25-18(22)15-6-4-3-5-14(15)17-20-19-16(26-17)12-7-9-13(10-8-12)21(23)24/h2-10H,1,11H2. The van der Waals surface area contributed by atoms with Crippen LogP contribution in [-0.2, 0) is 4.74 Å². The number of carbonyl (C=O) groups excluding carboxylic acids is 1. The van der Waals surface area contributed by atoms with Gasteiger partial charge in [0.15, 0.2) is 0 Å². The summed E-state index contributed by atoms with van der Waals surface area (Å²) >= 11 is 0. The minimum absolute atomic E-state index is 0.0381. The van der Waals surface area contributed by atoms with Crippen LogP contribution in [0.15, 0.2) is 65.6 Å². The Labute approximate surface area is 147 Å². The third-order valence-corrected chi connectivity index (χ3v) is 3.46. The molecular formula is C18H13N3O5. The van der Waals surface area contributed by atoms with Crippen molar-refractivity contribution in [3.63, 3.8) is 0 Å². The van der Waals surface area contributed by atoms with Gasteiger partial charge in [-0.1, -0.05) is 24.8 Å². The number of rotatable bonds is 6. The van der Waals surface area contributed by atoms with Gasteiger partial charge in [0.2, 0.25) is 11.8 Å². The van der Waals surface area contributed by atoms with E-state index in [1.54, 1.807) is 24.3 Å². The molecule has 0 fully saturated rings. The number of esters is 1. The molecule has 1 aromatic heterocycles. The summed E-state index contributed by atoms with van der Waals surface area (Å²) in [5.74, 6) is -0.204. The van der Waals surface area contributed by atoms with Gasteiger partial charge in [-0.2, -0.15) is 0 Å². The molecule has 0 saturated heterocycles. The molecule has 0 radical (unpaired) electrons. The molecule has 0 unspecified atom stereocenters. The Hall–Kier alpha value is -3.81. The summed E-state index contributed by atoms with van der Waals surface area (Å²) in [7, 11) is 0. The first-order valence-electron chi connectivity index (χ1n) is 7.56. The first-order chi connectivity index (χ1) is 12.6. The minimum atomic E-state index is -0.532. The van der Waals surface area contributed by atoms with Crippen molar-refractivity contribution in [2.24, 2.45) is 0 Å². The molecule has 0 aliphatic carbocycles. The summed E-state index contributed by atoms with van der Waals surface area (Å²) in [4.78, 5) is 22.4. The van der Waals surface area contributed by atoms with E-state index in [0.29, 0.717) is 11.1 Å². The van der Waals surface area contributed by atoms with E-state index in [2.05, 4.69) is 16.8 Å². The van der Waals surface area contributed by atoms with Crippen molar-refractivity contribution < 1.29 is 18.9 Å². The van der Waals surface area contributed by atoms with Crippen LogP contribution in [0.1, 0.15) is 10.4 Å². The smallest absolute Gasteiger partial charge is 0.339 e. The van der Waals surface area contributed by atoms with Crippen LogP contribution in [-0.4, -0.2) is 27.7 Å². The summed E-state index contributed by atoms with van der Waals surface area (Å²) < 4.78 is 10.7. The van der Waals surface area contributed by atoms with Crippen LogP contribution >= 0.6 is 0 Å². The number of benzene rings is 2. The number of nitrogens with zero attached hydrogens (tertiary/aromatic N) is 3. The quantitative estimate of drug-likeness (QED) is 0.288. The van der Waals surface area contributed by atoms with Crippen molar-refractivity contribution in [3.8, 4) is 22.9 Å². The van der Waals surface area contributed by atoms with Crippen molar-refractivity contribution >= 4 is 11.7 Å². The van der Waals surface area contributed by atoms with Gasteiger partial charge in [-0.05, 0) is 24.3 Å². The van der Waals surface area contributed by atoms with Gasteiger partial charge in [0.25, 0.3) is 5.69 Å². The zero-order chi connectivity index (χ0) is 18.5. The van der Waals surface area contributed by atoms with Gasteiger partial charge in [0.1, 0.15) is 6.61 Å². The number of hydrogen-bond donors (Lipinski definition) is 0. The first-order valence-corrected chi connectivity index (χ1v) is 7.56. The van der Waals surface area contributed by atoms with Crippen LogP contribution < -0.4 is 0 Å². The summed E-state index contributed by atoms with van der Waals surface area (Å²) in [5, 5.41) is 18.6. The van der Waals surface area contributed by atoms with Gasteiger partial charge in [0.05, 0.1) is 16.1 Å². The Bertz CT molecular complexity index is 963. The van der Waals surface area contributed by atoms with Crippen LogP contribution in [0.2, 0.25) is 0 Å². The number of hydrogen-bond acceptors (Lipinski definition) is 7. The zero-order valence-corrected chi connectivity index (χ0v) is 13.5. The molecule has 8 nitrogen and oxygen atoms in total. The maximum absolute atomic E-state index is 12.2. The third kappa shape index (κ3) is 3.48. The highest BCUT2D eigenvalue weighted by Gasteiger charge is 2.19. The molecule has 26 heavy (non-hydrogen) atoms. The maximum atomic E-state index is 12.2. The van der Waals surface area contributed by atoms with E-state index in [1.807, 2.05) is 0 Å². The van der Waals surface area contributed by atoms with Gasteiger partial charge in [0, 0.05) is 17.7 Å². The van der Waals surface area contributed by atoms with E-state index in [1.165, 1.54) is 30.3 Å². The molecule has 0 aliphatic heterocycles. The molecule has 2 aromatic carbocycles. The van der Waals surface area contributed by atoms with Gasteiger partial charge < -0.3 is 9.15 Å². The van der Waals surface area contributed by atoms with E-state index in [-0.39, 0.29) is 29.6 Å². The van der Waals surface area contributed by atoms with Crippen LogP contribution in [0, 0.1) is 10.1 Å². The zero-order valence-electron chi connectivity index (χ0n) is 13.5. The van der Waals surface area contributed by atoms with Crippen LogP contribution in [0.5, 0.6) is 0 Å². The summed E-state index contributed by atoms with van der Waals surface area (Å²) in [5.41, 5.74) is 1.21. The van der Waals surface area contributed by atoms with Gasteiger partial charge in [-0.25, -0.2) is 4.79 Å². The lowest BCUT2D eigenvalue weighted by Gasteiger charge is -2.05. The largest absolute Gasteiger partial charge is 0.458 e. The Morgan fingerprint density at radius 2 is 1.85 bits per heavy atom. The predicted molar refractivity (Wildman–Crippen MR) is 92.3 cm³/mol. The molecule has 0 aliphatic rings. The van der Waals surface area contributed by atoms with Crippen LogP contribution in [0.3, 0.4) is 0 Å². The molecule has 130 valence electrons. The topological polar surface area (TPSA) is 108 Å². The molecule has 0 amide bonds. The molecule has 0 bridgehead atoms. The van der Waals surface area contributed by atoms with Crippen LogP contribution in [0.25, 0.3) is 22.9 Å². The van der Waals surface area contributed by atoms with E-state index < -0.39 is 10.9 Å². The summed E-state index contributed by atoms with van der Waals surface area (Å²) in [6.07, 6.45) is 1.47. The molecule has 0 N–H and O–H groups in total. The fourth-order valence-corrected chi connectivity index (χ4v) is 2.23. The molecular weight excluding hydrogens is 338 g/mol. The fourth-order valence-electron chi connectivity index (χ4n) is 2.23. The van der Waals surface area contributed by atoms with Crippen molar-refractivity contribution in [1.82, 2.24) is 10.2 Å². The molecule has 1 heterocycles. The highest BCUT2D eigenvalue weighted by atomic mass is 16.6. The monoisotopic (exact) mass is 351 g/mol. The fraction of sp³-hybridized carbons (Fsp3) is 0.0556. The SMILES string of the molecule is C=CCOC(=O)c1ccccc1-c1nnc(-c2ccc([N+](=O)[O-])cc2)o1. The Morgan fingerprint density at radius 3 is 2.54 bits per heavy atom. The predicted octanol–water partition coefficient (Wildman–Crippen LogP) is 3.65. The van der Waals surface area contributed by atoms with Crippen molar-refractivity contribution in [2.45, 2.75) is 0 Å². The molecule has 0 spiro atoms. The minimum Gasteiger partial charge on any atom is -0.458 e. The summed E-state index contributed by atoms with van der Waals surface area (Å²) in [6, 6.07) is 12.4. The lowest BCUT2D eigenvalue weighted by molar-refractivity contribution is -0.384. The first kappa shape index (κ1) is 17.0. The number of nitro groups is 1. The number of non-ortho nitro benzene ring substituents is 1. The second kappa shape index (κ2) is 7.39. The van der Waals surface area contributed by atoms with E-state index >= 15 is 0 Å². The Morgan fingerprint density at radius 1 is 1.15 bits per heavy atom. The highest BCUT2D eigenvalue weighted by molar-refractivity contribution is 5.96. The molecule has 8 heteroatoms. The van der Waals surface area contributed by atoms with Crippen molar-refractivity contribution in [3.05, 3.63) is 76.9 Å². The lowest BCUT2D eigenvalue weighted by atomic mass is 10.1. The van der Waals surface area contributed by atoms with Gasteiger partial charge in [-0.15, -0.1) is 10.2 Å². The van der Waals surface area contributed by atoms with Crippen molar-refractivity contribution in [1.29, 1.82) is 0 Å². The molecule has 0 atom stereocenters. The van der Waals surface area contributed by atoms with E-state index in [4.69, 9.17) is 9.15 Å². The van der Waals surface area contributed by atoms with E-state index in [9.17, 15) is 14.9 Å². The van der Waals surface area contributed by atoms with Gasteiger partial charge in [-0.3, -0.25) is 10.1 Å². The molecule has 3 rings (SSSR count). The third-order valence-electron chi connectivity index (χ3n) is 3.46. The Balaban J connectivity index is 1.92. The number of aromatic nitrogens is 2. The van der Waals surface area contributed by atoms with E-state index in [0.717, 1.165) is 0 Å². The second-order valence-electron chi connectivity index (χ2n) is 5.15. The average molecular weight is 351 g/mol. The van der Waals surface area contributed by atoms with Gasteiger partial charge >= 0.3 is 5.97 Å². The Kier molecular flexibility index (Phi) is 4.84. The maximum Gasteiger partial charge on any atom is 0.339 e. The highest BCUT2D eigenvalue weighted by Crippen LogP contribution is 2.27. The van der Waals surface area contributed by atoms with Crippen molar-refractivity contribution in [2.75, 3.05) is 6.61 Å². The number of nitro benzene ring substituents is 1. The number of carbonyl (C=O) groups is 1. The molecule has 0 saturated carbocycles. The average Bonchev–Trinajstić information content (AvgIpc) is 3.16. The molecule has 3 aromatic rings. The summed E-state index contributed by atoms with van der Waals surface area (Å²) in [6.45, 7) is 3.59. The lowest BCUT2D eigenvalue weighted by Crippen LogP contribution is -2.06. The second-order valence-corrected chi connectivity index (χ2v) is 5.15. The normalized spacial score (nSPS) is 10.3. The number of ether oxygens (including phenoxy) is 1.